The van der Waals surface area contributed by atoms with E-state index in [2.05, 4.69) is 20.4 Å². The van der Waals surface area contributed by atoms with E-state index in [9.17, 15) is 14.4 Å². The van der Waals surface area contributed by atoms with Crippen molar-refractivity contribution in [2.24, 2.45) is 0 Å². The summed E-state index contributed by atoms with van der Waals surface area (Å²) in [5, 5.41) is 4.84. The number of aromatic nitrogens is 1. The number of nitrogens with zero attached hydrogens (tertiary/aromatic N) is 1. The van der Waals surface area contributed by atoms with Gasteiger partial charge in [-0.3, -0.25) is 14.6 Å². The van der Waals surface area contributed by atoms with Gasteiger partial charge in [0, 0.05) is 11.9 Å². The number of ether oxygens (including phenoxy) is 1. The Hall–Kier alpha value is -3.22. The van der Waals surface area contributed by atoms with Crippen molar-refractivity contribution in [1.29, 1.82) is 0 Å². The third-order valence-electron chi connectivity index (χ3n) is 2.69. The Morgan fingerprint density at radius 1 is 0.955 bits per heavy atom. The van der Waals surface area contributed by atoms with Crippen LogP contribution in [0.15, 0.2) is 48.8 Å². The molecule has 22 heavy (non-hydrogen) atoms. The Morgan fingerprint density at radius 2 is 1.59 bits per heavy atom. The van der Waals surface area contributed by atoms with Crippen LogP contribution in [0.25, 0.3) is 0 Å². The lowest BCUT2D eigenvalue weighted by Gasteiger charge is -2.06. The fourth-order valence-electron chi connectivity index (χ4n) is 1.62. The molecule has 0 aliphatic carbocycles. The summed E-state index contributed by atoms with van der Waals surface area (Å²) in [6.07, 6.45) is 2.98. The quantitative estimate of drug-likeness (QED) is 0.660. The van der Waals surface area contributed by atoms with Gasteiger partial charge in [0.1, 0.15) is 0 Å². The van der Waals surface area contributed by atoms with E-state index in [0.29, 0.717) is 16.9 Å². The lowest BCUT2D eigenvalue weighted by molar-refractivity contribution is -0.133. The Labute approximate surface area is 126 Å². The first kappa shape index (κ1) is 15.2. The first-order chi connectivity index (χ1) is 10.6. The molecule has 0 fully saturated rings. The molecule has 0 spiro atoms. The normalized spacial score (nSPS) is 9.68. The molecule has 0 atom stereocenters. The lowest BCUT2D eigenvalue weighted by atomic mass is 10.2. The molecule has 0 saturated heterocycles. The molecule has 0 unspecified atom stereocenters. The average Bonchev–Trinajstić information content (AvgIpc) is 2.55. The molecule has 2 amide bonds. The summed E-state index contributed by atoms with van der Waals surface area (Å²) in [5.41, 5.74) is 1.16. The van der Waals surface area contributed by atoms with Gasteiger partial charge in [-0.25, -0.2) is 4.79 Å². The highest BCUT2D eigenvalue weighted by Gasteiger charge is 2.14. The van der Waals surface area contributed by atoms with E-state index in [0.717, 1.165) is 0 Å². The Morgan fingerprint density at radius 3 is 2.14 bits per heavy atom. The smallest absolute Gasteiger partial charge is 0.337 e. The van der Waals surface area contributed by atoms with Crippen LogP contribution in [0, 0.1) is 0 Å². The number of carbonyl (C=O) groups is 3. The molecular formula is C15H13N3O4. The number of nitrogens with one attached hydrogen (secondary N) is 2. The van der Waals surface area contributed by atoms with Crippen LogP contribution < -0.4 is 10.6 Å². The summed E-state index contributed by atoms with van der Waals surface area (Å²) in [6, 6.07) is 9.23. The summed E-state index contributed by atoms with van der Waals surface area (Å²) in [7, 11) is 1.28. The predicted octanol–water partition coefficient (Wildman–Crippen LogP) is 1.45. The zero-order chi connectivity index (χ0) is 15.9. The van der Waals surface area contributed by atoms with Gasteiger partial charge >= 0.3 is 17.8 Å². The molecule has 2 aromatic rings. The summed E-state index contributed by atoms with van der Waals surface area (Å²) in [4.78, 5) is 38.6. The second kappa shape index (κ2) is 6.98. The Kier molecular flexibility index (Phi) is 4.81. The van der Waals surface area contributed by atoms with Crippen LogP contribution in [0.5, 0.6) is 0 Å². The molecule has 1 heterocycles. The molecular weight excluding hydrogens is 286 g/mol. The van der Waals surface area contributed by atoms with Crippen molar-refractivity contribution in [2.45, 2.75) is 0 Å². The maximum Gasteiger partial charge on any atom is 0.337 e. The standard InChI is InChI=1S/C15H13N3O4/c1-22-15(21)10-4-6-11(7-5-10)17-13(19)14(20)18-12-3-2-8-16-9-12/h2-9H,1H3,(H,17,19)(H,18,20). The van der Waals surface area contributed by atoms with Crippen LogP contribution in [0.1, 0.15) is 10.4 Å². The van der Waals surface area contributed by atoms with E-state index in [4.69, 9.17) is 0 Å². The minimum Gasteiger partial charge on any atom is -0.465 e. The monoisotopic (exact) mass is 299 g/mol. The van der Waals surface area contributed by atoms with Crippen LogP contribution in [0.4, 0.5) is 11.4 Å². The predicted molar refractivity (Wildman–Crippen MR) is 79.3 cm³/mol. The molecule has 7 heteroatoms. The summed E-state index contributed by atoms with van der Waals surface area (Å²) in [5.74, 6) is -2.12. The minimum atomic E-state index is -0.824. The molecule has 1 aromatic heterocycles. The van der Waals surface area contributed by atoms with Crippen LogP contribution in [0.3, 0.4) is 0 Å². The first-order valence-corrected chi connectivity index (χ1v) is 6.31. The van der Waals surface area contributed by atoms with Crippen molar-refractivity contribution < 1.29 is 19.1 Å². The van der Waals surface area contributed by atoms with Gasteiger partial charge in [0.15, 0.2) is 0 Å². The highest BCUT2D eigenvalue weighted by Crippen LogP contribution is 2.10. The van der Waals surface area contributed by atoms with Crippen LogP contribution in [-0.2, 0) is 14.3 Å². The second-order valence-corrected chi connectivity index (χ2v) is 4.22. The number of pyridine rings is 1. The molecule has 0 aliphatic rings. The molecule has 7 nitrogen and oxygen atoms in total. The number of esters is 1. The molecule has 0 bridgehead atoms. The molecule has 0 aliphatic heterocycles. The number of amides is 2. The Balaban J connectivity index is 1.96. The zero-order valence-electron chi connectivity index (χ0n) is 11.7. The van der Waals surface area contributed by atoms with Crippen molar-refractivity contribution in [3.8, 4) is 0 Å². The SMILES string of the molecule is COC(=O)c1ccc(NC(=O)C(=O)Nc2cccnc2)cc1. The van der Waals surface area contributed by atoms with Crippen molar-refractivity contribution in [3.05, 3.63) is 54.4 Å². The van der Waals surface area contributed by atoms with Gasteiger partial charge in [-0.05, 0) is 36.4 Å². The first-order valence-electron chi connectivity index (χ1n) is 6.31. The number of hydrogen-bond donors (Lipinski definition) is 2. The third-order valence-corrected chi connectivity index (χ3v) is 2.69. The molecule has 112 valence electrons. The van der Waals surface area contributed by atoms with Crippen molar-refractivity contribution in [3.63, 3.8) is 0 Å². The summed E-state index contributed by atoms with van der Waals surface area (Å²) < 4.78 is 4.57. The average molecular weight is 299 g/mol. The second-order valence-electron chi connectivity index (χ2n) is 4.22. The number of methoxy groups -OCH3 is 1. The highest BCUT2D eigenvalue weighted by atomic mass is 16.5. The van der Waals surface area contributed by atoms with Crippen LogP contribution in [-0.4, -0.2) is 29.9 Å². The highest BCUT2D eigenvalue weighted by molar-refractivity contribution is 6.43. The molecule has 2 N–H and O–H groups in total. The van der Waals surface area contributed by atoms with Crippen molar-refractivity contribution >= 4 is 29.2 Å². The van der Waals surface area contributed by atoms with E-state index in [-0.39, 0.29) is 0 Å². The minimum absolute atomic E-state index is 0.348. The fraction of sp³-hybridized carbons (Fsp3) is 0.0667. The van der Waals surface area contributed by atoms with Crippen molar-refractivity contribution in [1.82, 2.24) is 4.98 Å². The maximum absolute atomic E-state index is 11.8. The summed E-state index contributed by atoms with van der Waals surface area (Å²) in [6.45, 7) is 0. The number of carbonyl (C=O) groups excluding carboxylic acids is 3. The van der Waals surface area contributed by atoms with E-state index in [1.165, 1.54) is 37.6 Å². The van der Waals surface area contributed by atoms with E-state index >= 15 is 0 Å². The topological polar surface area (TPSA) is 97.4 Å². The van der Waals surface area contributed by atoms with Gasteiger partial charge in [0.25, 0.3) is 0 Å². The van der Waals surface area contributed by atoms with Gasteiger partial charge < -0.3 is 15.4 Å². The molecule has 0 radical (unpaired) electrons. The zero-order valence-corrected chi connectivity index (χ0v) is 11.7. The third kappa shape index (κ3) is 3.89. The largest absolute Gasteiger partial charge is 0.465 e. The Bertz CT molecular complexity index is 684. The number of rotatable bonds is 3. The van der Waals surface area contributed by atoms with E-state index in [1.54, 1.807) is 18.3 Å². The van der Waals surface area contributed by atoms with Crippen LogP contribution in [0.2, 0.25) is 0 Å². The van der Waals surface area contributed by atoms with Gasteiger partial charge in [0.05, 0.1) is 24.6 Å². The van der Waals surface area contributed by atoms with Crippen molar-refractivity contribution in [2.75, 3.05) is 17.7 Å². The molecule has 2 rings (SSSR count). The van der Waals surface area contributed by atoms with Gasteiger partial charge in [0.2, 0.25) is 0 Å². The van der Waals surface area contributed by atoms with Crippen LogP contribution >= 0.6 is 0 Å². The van der Waals surface area contributed by atoms with E-state index < -0.39 is 17.8 Å². The lowest BCUT2D eigenvalue weighted by Crippen LogP contribution is -2.29. The summed E-state index contributed by atoms with van der Waals surface area (Å²) >= 11 is 0. The van der Waals surface area contributed by atoms with Gasteiger partial charge in [-0.15, -0.1) is 0 Å². The van der Waals surface area contributed by atoms with Gasteiger partial charge in [-0.2, -0.15) is 0 Å². The number of hydrogen-bond acceptors (Lipinski definition) is 5. The van der Waals surface area contributed by atoms with E-state index in [1.807, 2.05) is 0 Å². The molecule has 0 saturated carbocycles. The maximum atomic E-state index is 11.8. The molecule has 1 aromatic carbocycles. The van der Waals surface area contributed by atoms with Gasteiger partial charge in [-0.1, -0.05) is 0 Å². The fourth-order valence-corrected chi connectivity index (χ4v) is 1.62. The number of anilines is 2. The number of benzene rings is 1.